The van der Waals surface area contributed by atoms with E-state index in [4.69, 9.17) is 4.74 Å². The predicted molar refractivity (Wildman–Crippen MR) is 119 cm³/mol. The van der Waals surface area contributed by atoms with Crippen molar-refractivity contribution in [1.29, 1.82) is 0 Å². The third-order valence-corrected chi connectivity index (χ3v) is 6.77. The van der Waals surface area contributed by atoms with E-state index in [1.54, 1.807) is 0 Å². The topological polar surface area (TPSA) is 87.0 Å². The van der Waals surface area contributed by atoms with Gasteiger partial charge in [-0.05, 0) is 82.0 Å². The molecule has 5 atom stereocenters. The average Bonchev–Trinajstić information content (AvgIpc) is 3.09. The SMILES string of the molecule is CCCOC(O)(CCCCC[C@H]1[C@@H](O)CC[C@@H]1C=CCCC1CC=CCC1)C(=O)O. The van der Waals surface area contributed by atoms with E-state index in [0.29, 0.717) is 24.7 Å². The molecule has 172 valence electrons. The number of unbranched alkanes of at least 4 members (excludes halogenated alkanes) is 2. The highest BCUT2D eigenvalue weighted by molar-refractivity contribution is 5.75. The van der Waals surface area contributed by atoms with E-state index in [-0.39, 0.29) is 19.1 Å². The first-order chi connectivity index (χ1) is 14.5. The smallest absolute Gasteiger partial charge is 0.364 e. The number of carboxylic acid groups (broad SMARTS) is 1. The zero-order valence-corrected chi connectivity index (χ0v) is 18.7. The molecule has 0 aromatic carbocycles. The minimum Gasteiger partial charge on any atom is -0.477 e. The molecular weight excluding hydrogens is 380 g/mol. The Morgan fingerprint density at radius 2 is 2.00 bits per heavy atom. The molecule has 0 aliphatic heterocycles. The van der Waals surface area contributed by atoms with E-state index in [1.165, 1.54) is 25.7 Å². The van der Waals surface area contributed by atoms with Gasteiger partial charge in [-0.1, -0.05) is 44.1 Å². The molecule has 0 heterocycles. The number of aliphatic hydroxyl groups excluding tert-OH is 1. The Hall–Kier alpha value is -1.17. The maximum Gasteiger partial charge on any atom is 0.364 e. The van der Waals surface area contributed by atoms with Gasteiger partial charge in [-0.2, -0.15) is 0 Å². The number of aliphatic hydroxyl groups is 2. The fourth-order valence-electron chi connectivity index (χ4n) is 4.88. The lowest BCUT2D eigenvalue weighted by Gasteiger charge is -2.24. The molecule has 5 nitrogen and oxygen atoms in total. The van der Waals surface area contributed by atoms with Crippen LogP contribution in [-0.2, 0) is 9.53 Å². The van der Waals surface area contributed by atoms with Gasteiger partial charge in [0, 0.05) is 6.42 Å². The lowest BCUT2D eigenvalue weighted by molar-refractivity contribution is -0.226. The van der Waals surface area contributed by atoms with Crippen molar-refractivity contribution in [3.05, 3.63) is 24.3 Å². The quantitative estimate of drug-likeness (QED) is 0.203. The molecule has 0 saturated heterocycles. The number of hydrogen-bond donors (Lipinski definition) is 3. The van der Waals surface area contributed by atoms with Crippen LogP contribution >= 0.6 is 0 Å². The molecule has 2 aliphatic carbocycles. The predicted octanol–water partition coefficient (Wildman–Crippen LogP) is 5.22. The van der Waals surface area contributed by atoms with Crippen LogP contribution in [-0.4, -0.2) is 39.8 Å². The van der Waals surface area contributed by atoms with E-state index in [1.807, 2.05) is 6.92 Å². The van der Waals surface area contributed by atoms with Crippen molar-refractivity contribution in [2.45, 2.75) is 102 Å². The molecule has 3 N–H and O–H groups in total. The van der Waals surface area contributed by atoms with Crippen LogP contribution < -0.4 is 0 Å². The number of hydrogen-bond acceptors (Lipinski definition) is 4. The molecule has 0 spiro atoms. The first-order valence-corrected chi connectivity index (χ1v) is 12.1. The van der Waals surface area contributed by atoms with Crippen molar-refractivity contribution in [3.8, 4) is 0 Å². The third-order valence-electron chi connectivity index (χ3n) is 6.77. The van der Waals surface area contributed by atoms with Gasteiger partial charge in [0.2, 0.25) is 0 Å². The van der Waals surface area contributed by atoms with E-state index in [2.05, 4.69) is 24.3 Å². The van der Waals surface area contributed by atoms with Crippen molar-refractivity contribution in [2.24, 2.45) is 17.8 Å². The molecule has 2 aliphatic rings. The largest absolute Gasteiger partial charge is 0.477 e. The highest BCUT2D eigenvalue weighted by Gasteiger charge is 2.36. The Kier molecular flexibility index (Phi) is 11.1. The summed E-state index contributed by atoms with van der Waals surface area (Å²) in [5, 5.41) is 29.8. The molecule has 2 rings (SSSR count). The van der Waals surface area contributed by atoms with Crippen LogP contribution in [0.1, 0.15) is 90.4 Å². The summed E-state index contributed by atoms with van der Waals surface area (Å²) in [7, 11) is 0. The van der Waals surface area contributed by atoms with Crippen LogP contribution in [0.2, 0.25) is 0 Å². The van der Waals surface area contributed by atoms with Crippen LogP contribution in [0, 0.1) is 17.8 Å². The molecule has 0 bridgehead atoms. The number of allylic oxidation sites excluding steroid dienone is 4. The fraction of sp³-hybridized carbons (Fsp3) is 0.800. The zero-order valence-electron chi connectivity index (χ0n) is 18.7. The van der Waals surface area contributed by atoms with Gasteiger partial charge in [0.15, 0.2) is 0 Å². The fourth-order valence-corrected chi connectivity index (χ4v) is 4.88. The highest BCUT2D eigenvalue weighted by Crippen LogP contribution is 2.37. The van der Waals surface area contributed by atoms with Crippen LogP contribution in [0.4, 0.5) is 0 Å². The Morgan fingerprint density at radius 3 is 2.70 bits per heavy atom. The van der Waals surface area contributed by atoms with Crippen molar-refractivity contribution < 1.29 is 24.9 Å². The normalized spacial score (nSPS) is 28.8. The minimum atomic E-state index is -2.07. The second kappa shape index (κ2) is 13.3. The lowest BCUT2D eigenvalue weighted by atomic mass is 9.87. The highest BCUT2D eigenvalue weighted by atomic mass is 16.6. The summed E-state index contributed by atoms with van der Waals surface area (Å²) in [5.41, 5.74) is 0. The molecule has 30 heavy (non-hydrogen) atoms. The standard InChI is InChI=1S/C25H42O5/c1-2-19-30-25(29,24(27)28)18-10-4-7-15-22-21(16-17-23(22)26)14-9-8-13-20-11-5-3-6-12-20/h3,5,9,14,20-23,26,29H,2,4,6-8,10-13,15-19H2,1H3,(H,27,28)/t20?,21-,22+,23-,25?/m0/s1. The molecular formula is C25H42O5. The summed E-state index contributed by atoms with van der Waals surface area (Å²) in [5.74, 6) is -1.79. The van der Waals surface area contributed by atoms with Crippen molar-refractivity contribution in [3.63, 3.8) is 0 Å². The number of carbonyl (C=O) groups is 1. The van der Waals surface area contributed by atoms with E-state index < -0.39 is 11.8 Å². The molecule has 5 heteroatoms. The van der Waals surface area contributed by atoms with Crippen LogP contribution in [0.25, 0.3) is 0 Å². The third kappa shape index (κ3) is 8.16. The van der Waals surface area contributed by atoms with Crippen molar-refractivity contribution >= 4 is 5.97 Å². The van der Waals surface area contributed by atoms with Crippen LogP contribution in [0.15, 0.2) is 24.3 Å². The summed E-state index contributed by atoms with van der Waals surface area (Å²) in [6, 6.07) is 0. The molecule has 1 fully saturated rings. The first kappa shape index (κ1) is 25.1. The zero-order chi connectivity index (χ0) is 21.8. The second-order valence-corrected chi connectivity index (χ2v) is 9.17. The molecule has 2 unspecified atom stereocenters. The Labute approximate surface area is 182 Å². The number of rotatable bonds is 14. The van der Waals surface area contributed by atoms with Gasteiger partial charge in [-0.15, -0.1) is 0 Å². The maximum atomic E-state index is 11.3. The summed E-state index contributed by atoms with van der Waals surface area (Å²) in [6.07, 6.45) is 21.2. The number of ether oxygens (including phenoxy) is 1. The first-order valence-electron chi connectivity index (χ1n) is 12.1. The molecule has 0 aromatic rings. The maximum absolute atomic E-state index is 11.3. The molecule has 0 amide bonds. The Balaban J connectivity index is 1.67. The van der Waals surface area contributed by atoms with Gasteiger partial charge < -0.3 is 20.1 Å². The minimum absolute atomic E-state index is 0.106. The van der Waals surface area contributed by atoms with Gasteiger partial charge in [-0.3, -0.25) is 0 Å². The van der Waals surface area contributed by atoms with E-state index in [0.717, 1.165) is 44.4 Å². The number of carboxylic acids is 1. The van der Waals surface area contributed by atoms with Crippen molar-refractivity contribution in [1.82, 2.24) is 0 Å². The van der Waals surface area contributed by atoms with Gasteiger partial charge in [0.25, 0.3) is 5.79 Å². The summed E-state index contributed by atoms with van der Waals surface area (Å²) < 4.78 is 5.16. The Bertz CT molecular complexity index is 558. The van der Waals surface area contributed by atoms with Gasteiger partial charge in [0.05, 0.1) is 12.7 Å². The summed E-state index contributed by atoms with van der Waals surface area (Å²) in [4.78, 5) is 11.3. The van der Waals surface area contributed by atoms with Crippen molar-refractivity contribution in [2.75, 3.05) is 6.61 Å². The van der Waals surface area contributed by atoms with Crippen LogP contribution in [0.5, 0.6) is 0 Å². The van der Waals surface area contributed by atoms with E-state index >= 15 is 0 Å². The second-order valence-electron chi connectivity index (χ2n) is 9.17. The van der Waals surface area contributed by atoms with E-state index in [9.17, 15) is 20.1 Å². The van der Waals surface area contributed by atoms with Gasteiger partial charge in [-0.25, -0.2) is 4.79 Å². The number of aliphatic carboxylic acids is 1. The summed E-state index contributed by atoms with van der Waals surface area (Å²) >= 11 is 0. The van der Waals surface area contributed by atoms with Gasteiger partial charge >= 0.3 is 5.97 Å². The Morgan fingerprint density at radius 1 is 1.17 bits per heavy atom. The lowest BCUT2D eigenvalue weighted by Crippen LogP contribution is -2.41. The molecule has 0 aromatic heterocycles. The van der Waals surface area contributed by atoms with Gasteiger partial charge in [0.1, 0.15) is 0 Å². The average molecular weight is 423 g/mol. The van der Waals surface area contributed by atoms with Crippen LogP contribution in [0.3, 0.4) is 0 Å². The molecule has 1 saturated carbocycles. The monoisotopic (exact) mass is 422 g/mol. The molecule has 0 radical (unpaired) electrons. The summed E-state index contributed by atoms with van der Waals surface area (Å²) in [6.45, 7) is 2.12.